The Hall–Kier alpha value is -2.53. The van der Waals surface area contributed by atoms with E-state index in [4.69, 9.17) is 9.47 Å². The molecule has 1 fully saturated rings. The van der Waals surface area contributed by atoms with Gasteiger partial charge in [-0.2, -0.15) is 0 Å². The van der Waals surface area contributed by atoms with Crippen LogP contribution in [-0.4, -0.2) is 37.9 Å². The third kappa shape index (κ3) is 3.00. The van der Waals surface area contributed by atoms with Crippen molar-refractivity contribution in [1.29, 1.82) is 0 Å². The lowest BCUT2D eigenvalue weighted by atomic mass is 10.0. The fraction of sp³-hybridized carbons (Fsp3) is 0.278. The normalized spacial score (nSPS) is 17.4. The molecule has 1 aliphatic heterocycles. The summed E-state index contributed by atoms with van der Waals surface area (Å²) < 4.78 is 10.6. The van der Waals surface area contributed by atoms with Crippen molar-refractivity contribution in [2.45, 2.75) is 12.5 Å². The largest absolute Gasteiger partial charge is 0.497 e. The fourth-order valence-electron chi connectivity index (χ4n) is 2.75. The molecule has 5 heteroatoms. The summed E-state index contributed by atoms with van der Waals surface area (Å²) in [6.45, 7) is 0.533. The standard InChI is InChI=1S/C18H19NO4/c1-22-15-9-13(10-16(11-15)23-2)12-4-3-5-14(8-12)19-7-6-17(20)18(19)21/h3-5,8-11,17,20H,6-7H2,1-2H3. The van der Waals surface area contributed by atoms with Gasteiger partial charge in [-0.1, -0.05) is 12.1 Å². The number of carbonyl (C=O) groups is 1. The van der Waals surface area contributed by atoms with Gasteiger partial charge in [0.15, 0.2) is 0 Å². The van der Waals surface area contributed by atoms with Gasteiger partial charge >= 0.3 is 0 Å². The van der Waals surface area contributed by atoms with Crippen molar-refractivity contribution in [2.75, 3.05) is 25.7 Å². The molecule has 0 spiro atoms. The molecule has 1 amide bonds. The van der Waals surface area contributed by atoms with Crippen molar-refractivity contribution in [1.82, 2.24) is 0 Å². The number of hydrogen-bond acceptors (Lipinski definition) is 4. The van der Waals surface area contributed by atoms with E-state index in [0.29, 0.717) is 24.5 Å². The van der Waals surface area contributed by atoms with Gasteiger partial charge in [0.2, 0.25) is 0 Å². The Morgan fingerprint density at radius 1 is 1.04 bits per heavy atom. The minimum Gasteiger partial charge on any atom is -0.497 e. The van der Waals surface area contributed by atoms with Gasteiger partial charge in [0.25, 0.3) is 5.91 Å². The molecule has 0 aromatic heterocycles. The predicted molar refractivity (Wildman–Crippen MR) is 88.0 cm³/mol. The first-order valence-electron chi connectivity index (χ1n) is 7.45. The summed E-state index contributed by atoms with van der Waals surface area (Å²) in [5.74, 6) is 1.17. The zero-order chi connectivity index (χ0) is 16.4. The molecule has 0 bridgehead atoms. The van der Waals surface area contributed by atoms with Gasteiger partial charge in [0, 0.05) is 24.7 Å². The van der Waals surface area contributed by atoms with E-state index in [-0.39, 0.29) is 5.91 Å². The first kappa shape index (κ1) is 15.4. The highest BCUT2D eigenvalue weighted by atomic mass is 16.5. The Morgan fingerprint density at radius 2 is 1.74 bits per heavy atom. The van der Waals surface area contributed by atoms with E-state index in [1.165, 1.54) is 0 Å². The van der Waals surface area contributed by atoms with Gasteiger partial charge in [0.1, 0.15) is 17.6 Å². The first-order valence-corrected chi connectivity index (χ1v) is 7.45. The van der Waals surface area contributed by atoms with Crippen LogP contribution in [0.4, 0.5) is 5.69 Å². The number of methoxy groups -OCH3 is 2. The maximum absolute atomic E-state index is 12.0. The van der Waals surface area contributed by atoms with Crippen LogP contribution in [0.5, 0.6) is 11.5 Å². The van der Waals surface area contributed by atoms with Gasteiger partial charge in [-0.3, -0.25) is 4.79 Å². The van der Waals surface area contributed by atoms with Gasteiger partial charge in [-0.05, 0) is 35.4 Å². The molecule has 2 aromatic rings. The summed E-state index contributed by atoms with van der Waals surface area (Å²) in [5.41, 5.74) is 2.68. The van der Waals surface area contributed by atoms with Crippen LogP contribution in [0, 0.1) is 0 Å². The summed E-state index contributed by atoms with van der Waals surface area (Å²) in [7, 11) is 3.22. The van der Waals surface area contributed by atoms with Crippen molar-refractivity contribution in [3.05, 3.63) is 42.5 Å². The van der Waals surface area contributed by atoms with Gasteiger partial charge < -0.3 is 19.5 Å². The first-order chi connectivity index (χ1) is 11.1. The second kappa shape index (κ2) is 6.30. The van der Waals surface area contributed by atoms with Crippen molar-refractivity contribution in [3.63, 3.8) is 0 Å². The maximum Gasteiger partial charge on any atom is 0.255 e. The topological polar surface area (TPSA) is 59.0 Å². The lowest BCUT2D eigenvalue weighted by Gasteiger charge is -2.17. The van der Waals surface area contributed by atoms with Gasteiger partial charge in [-0.25, -0.2) is 0 Å². The van der Waals surface area contributed by atoms with Crippen molar-refractivity contribution < 1.29 is 19.4 Å². The van der Waals surface area contributed by atoms with E-state index < -0.39 is 6.10 Å². The van der Waals surface area contributed by atoms with Crippen LogP contribution in [0.15, 0.2) is 42.5 Å². The Morgan fingerprint density at radius 3 is 2.30 bits per heavy atom. The number of benzene rings is 2. The molecule has 0 saturated carbocycles. The molecule has 0 aliphatic carbocycles. The van der Waals surface area contributed by atoms with Gasteiger partial charge in [0.05, 0.1) is 14.2 Å². The SMILES string of the molecule is COc1cc(OC)cc(-c2cccc(N3CCC(O)C3=O)c2)c1. The molecule has 1 aliphatic rings. The van der Waals surface area contributed by atoms with E-state index in [2.05, 4.69) is 0 Å². The molecule has 1 atom stereocenters. The number of aliphatic hydroxyl groups is 1. The van der Waals surface area contributed by atoms with E-state index in [1.807, 2.05) is 42.5 Å². The number of nitrogens with zero attached hydrogens (tertiary/aromatic N) is 1. The minimum atomic E-state index is -0.893. The molecule has 1 unspecified atom stereocenters. The van der Waals surface area contributed by atoms with Crippen LogP contribution < -0.4 is 14.4 Å². The van der Waals surface area contributed by atoms with Crippen LogP contribution in [-0.2, 0) is 4.79 Å². The lowest BCUT2D eigenvalue weighted by Crippen LogP contribution is -2.28. The molecule has 5 nitrogen and oxygen atoms in total. The highest BCUT2D eigenvalue weighted by Crippen LogP contribution is 2.32. The van der Waals surface area contributed by atoms with Crippen molar-refractivity contribution >= 4 is 11.6 Å². The third-order valence-corrected chi connectivity index (χ3v) is 4.02. The molecule has 1 saturated heterocycles. The van der Waals surface area contributed by atoms with E-state index in [1.54, 1.807) is 19.1 Å². The van der Waals surface area contributed by atoms with Crippen LogP contribution in [0.25, 0.3) is 11.1 Å². The Labute approximate surface area is 135 Å². The minimum absolute atomic E-state index is 0.245. The van der Waals surface area contributed by atoms with Crippen molar-refractivity contribution in [2.24, 2.45) is 0 Å². The summed E-state index contributed by atoms with van der Waals surface area (Å²) in [4.78, 5) is 13.6. The summed E-state index contributed by atoms with van der Waals surface area (Å²) in [5, 5.41) is 9.63. The molecular formula is C18H19NO4. The van der Waals surface area contributed by atoms with Crippen LogP contribution in [0.1, 0.15) is 6.42 Å². The quantitative estimate of drug-likeness (QED) is 0.942. The number of amides is 1. The molecule has 1 N–H and O–H groups in total. The molecule has 1 heterocycles. The molecular weight excluding hydrogens is 294 g/mol. The average molecular weight is 313 g/mol. The Bertz CT molecular complexity index is 706. The molecule has 120 valence electrons. The third-order valence-electron chi connectivity index (χ3n) is 4.02. The smallest absolute Gasteiger partial charge is 0.255 e. The number of hydrogen-bond donors (Lipinski definition) is 1. The number of ether oxygens (including phenoxy) is 2. The van der Waals surface area contributed by atoms with E-state index in [9.17, 15) is 9.90 Å². The number of aliphatic hydroxyl groups excluding tert-OH is 1. The zero-order valence-corrected chi connectivity index (χ0v) is 13.2. The second-order valence-corrected chi connectivity index (χ2v) is 5.45. The molecule has 3 rings (SSSR count). The number of carbonyl (C=O) groups excluding carboxylic acids is 1. The van der Waals surface area contributed by atoms with E-state index in [0.717, 1.165) is 16.8 Å². The number of rotatable bonds is 4. The number of anilines is 1. The van der Waals surface area contributed by atoms with E-state index >= 15 is 0 Å². The highest BCUT2D eigenvalue weighted by Gasteiger charge is 2.30. The van der Waals surface area contributed by atoms with Crippen molar-refractivity contribution in [3.8, 4) is 22.6 Å². The van der Waals surface area contributed by atoms with Crippen LogP contribution >= 0.6 is 0 Å². The Kier molecular flexibility index (Phi) is 4.21. The lowest BCUT2D eigenvalue weighted by molar-refractivity contribution is -0.123. The predicted octanol–water partition coefficient (Wildman–Crippen LogP) is 2.47. The van der Waals surface area contributed by atoms with Crippen LogP contribution in [0.2, 0.25) is 0 Å². The summed E-state index contributed by atoms with van der Waals surface area (Å²) >= 11 is 0. The molecule has 0 radical (unpaired) electrons. The summed E-state index contributed by atoms with van der Waals surface area (Å²) in [6, 6.07) is 13.3. The fourth-order valence-corrected chi connectivity index (χ4v) is 2.75. The monoisotopic (exact) mass is 313 g/mol. The maximum atomic E-state index is 12.0. The van der Waals surface area contributed by atoms with Crippen LogP contribution in [0.3, 0.4) is 0 Å². The zero-order valence-electron chi connectivity index (χ0n) is 13.2. The Balaban J connectivity index is 1.98. The van der Waals surface area contributed by atoms with Gasteiger partial charge in [-0.15, -0.1) is 0 Å². The molecule has 23 heavy (non-hydrogen) atoms. The summed E-state index contributed by atoms with van der Waals surface area (Å²) in [6.07, 6.45) is -0.425. The second-order valence-electron chi connectivity index (χ2n) is 5.45. The highest BCUT2D eigenvalue weighted by molar-refractivity contribution is 5.99. The molecule has 2 aromatic carbocycles. The average Bonchev–Trinajstić information content (AvgIpc) is 2.93.